The van der Waals surface area contributed by atoms with Gasteiger partial charge in [-0.3, -0.25) is 14.5 Å². The largest absolute Gasteiger partial charge is 0.366 e. The third kappa shape index (κ3) is 2.32. The first-order valence-electron chi connectivity index (χ1n) is 5.66. The van der Waals surface area contributed by atoms with Gasteiger partial charge in [-0.15, -0.1) is 5.10 Å². The number of nitrogens with one attached hydrogen (secondary N) is 2. The Balaban J connectivity index is 1.74. The van der Waals surface area contributed by atoms with E-state index in [0.29, 0.717) is 11.5 Å². The monoisotopic (exact) mass is 270 g/mol. The second-order valence-electron chi connectivity index (χ2n) is 3.87. The average molecular weight is 270 g/mol. The first-order valence-corrected chi connectivity index (χ1v) is 5.66. The van der Waals surface area contributed by atoms with Crippen molar-refractivity contribution in [2.45, 2.75) is 0 Å². The van der Waals surface area contributed by atoms with Crippen molar-refractivity contribution >= 4 is 17.5 Å². The number of aromatic amines is 1. The Morgan fingerprint density at radius 3 is 2.90 bits per heavy atom. The Morgan fingerprint density at radius 1 is 1.40 bits per heavy atom. The predicted molar refractivity (Wildman–Crippen MR) is 70.1 cm³/mol. The van der Waals surface area contributed by atoms with Gasteiger partial charge in [-0.05, 0) is 12.1 Å². The Labute approximate surface area is 112 Å². The van der Waals surface area contributed by atoms with E-state index in [2.05, 4.69) is 30.5 Å². The Hall–Kier alpha value is -3.23. The van der Waals surface area contributed by atoms with Gasteiger partial charge in [-0.25, -0.2) is 9.97 Å². The quantitative estimate of drug-likeness (QED) is 0.624. The molecule has 0 spiro atoms. The zero-order chi connectivity index (χ0) is 13.9. The molecular weight excluding hydrogens is 260 g/mol. The number of hydrogen-bond acceptors (Lipinski definition) is 6. The minimum atomic E-state index is -0.439. The molecule has 0 fully saturated rings. The number of aromatic nitrogens is 6. The van der Waals surface area contributed by atoms with E-state index in [-0.39, 0.29) is 11.8 Å². The lowest BCUT2D eigenvalue weighted by Gasteiger charge is -2.04. The normalized spacial score (nSPS) is 10.4. The van der Waals surface area contributed by atoms with Gasteiger partial charge in [0, 0.05) is 12.4 Å². The molecular formula is C11H10N8O. The molecule has 0 saturated carbocycles. The van der Waals surface area contributed by atoms with Crippen LogP contribution < -0.4 is 11.1 Å². The molecule has 9 nitrogen and oxygen atoms in total. The van der Waals surface area contributed by atoms with Crippen molar-refractivity contribution in [3.63, 3.8) is 0 Å². The number of carbonyl (C=O) groups is 1. The summed E-state index contributed by atoms with van der Waals surface area (Å²) in [7, 11) is 0. The fourth-order valence-electron chi connectivity index (χ4n) is 1.57. The summed E-state index contributed by atoms with van der Waals surface area (Å²) in [5.41, 5.74) is 5.87. The Kier molecular flexibility index (Phi) is 2.84. The van der Waals surface area contributed by atoms with Crippen molar-refractivity contribution in [3.05, 3.63) is 42.9 Å². The molecule has 0 aliphatic carbocycles. The molecule has 0 atom stereocenters. The number of imidazole rings is 1. The van der Waals surface area contributed by atoms with Gasteiger partial charge in [-0.2, -0.15) is 4.98 Å². The van der Waals surface area contributed by atoms with E-state index in [4.69, 9.17) is 5.73 Å². The standard InChI is InChI=1S/C11H10N8O/c12-11-16-9(17-18-11)10(20)15-7-1-2-8(14-5-7)19-4-3-13-6-19/h1-6H,(H,15,20)(H3,12,16,17,18). The molecule has 0 bridgehead atoms. The van der Waals surface area contributed by atoms with E-state index >= 15 is 0 Å². The maximum atomic E-state index is 11.8. The number of nitrogen functional groups attached to an aromatic ring is 1. The summed E-state index contributed by atoms with van der Waals surface area (Å²) < 4.78 is 1.75. The summed E-state index contributed by atoms with van der Waals surface area (Å²) in [6.45, 7) is 0. The van der Waals surface area contributed by atoms with Crippen LogP contribution in [0.15, 0.2) is 37.1 Å². The fourth-order valence-corrected chi connectivity index (χ4v) is 1.57. The molecule has 9 heteroatoms. The number of hydrogen-bond donors (Lipinski definition) is 3. The molecule has 100 valence electrons. The number of carbonyl (C=O) groups excluding carboxylic acids is 1. The van der Waals surface area contributed by atoms with Gasteiger partial charge in [0.25, 0.3) is 5.91 Å². The lowest BCUT2D eigenvalue weighted by molar-refractivity contribution is 0.101. The summed E-state index contributed by atoms with van der Waals surface area (Å²) in [5, 5.41) is 8.64. The van der Waals surface area contributed by atoms with Gasteiger partial charge >= 0.3 is 0 Å². The molecule has 0 saturated heterocycles. The van der Waals surface area contributed by atoms with Crippen molar-refractivity contribution in [2.24, 2.45) is 0 Å². The van der Waals surface area contributed by atoms with E-state index in [1.807, 2.05) is 0 Å². The van der Waals surface area contributed by atoms with Crippen LogP contribution in [0.5, 0.6) is 0 Å². The minimum Gasteiger partial charge on any atom is -0.366 e. The molecule has 3 aromatic heterocycles. The van der Waals surface area contributed by atoms with Crippen LogP contribution in [-0.2, 0) is 0 Å². The second kappa shape index (κ2) is 4.80. The van der Waals surface area contributed by atoms with E-state index < -0.39 is 5.91 Å². The fraction of sp³-hybridized carbons (Fsp3) is 0. The molecule has 4 N–H and O–H groups in total. The maximum Gasteiger partial charge on any atom is 0.293 e. The molecule has 3 rings (SSSR count). The Bertz CT molecular complexity index is 715. The van der Waals surface area contributed by atoms with Crippen LogP contribution in [0.2, 0.25) is 0 Å². The highest BCUT2D eigenvalue weighted by Crippen LogP contribution is 2.10. The first kappa shape index (κ1) is 11.8. The highest BCUT2D eigenvalue weighted by Gasteiger charge is 2.11. The first-order chi connectivity index (χ1) is 9.72. The molecule has 1 amide bonds. The zero-order valence-electron chi connectivity index (χ0n) is 10.2. The zero-order valence-corrected chi connectivity index (χ0v) is 10.2. The van der Waals surface area contributed by atoms with Gasteiger partial charge in [0.1, 0.15) is 12.1 Å². The van der Waals surface area contributed by atoms with E-state index in [0.717, 1.165) is 0 Å². The van der Waals surface area contributed by atoms with Crippen LogP contribution in [0, 0.1) is 0 Å². The van der Waals surface area contributed by atoms with Gasteiger partial charge in [-0.1, -0.05) is 0 Å². The summed E-state index contributed by atoms with van der Waals surface area (Å²) in [5.74, 6) is 0.320. The van der Waals surface area contributed by atoms with Gasteiger partial charge in [0.05, 0.1) is 11.9 Å². The molecule has 0 aliphatic rings. The van der Waals surface area contributed by atoms with Gasteiger partial charge < -0.3 is 11.1 Å². The van der Waals surface area contributed by atoms with E-state index in [1.54, 1.807) is 35.4 Å². The highest BCUT2D eigenvalue weighted by molar-refractivity contribution is 6.01. The lowest BCUT2D eigenvalue weighted by atomic mass is 10.4. The van der Waals surface area contributed by atoms with Crippen molar-refractivity contribution in [3.8, 4) is 5.82 Å². The number of rotatable bonds is 3. The van der Waals surface area contributed by atoms with Crippen molar-refractivity contribution < 1.29 is 4.79 Å². The average Bonchev–Trinajstić information content (AvgIpc) is 3.10. The van der Waals surface area contributed by atoms with Crippen LogP contribution in [0.1, 0.15) is 10.6 Å². The number of nitrogens with two attached hydrogens (primary N) is 1. The molecule has 3 aromatic rings. The number of H-pyrrole nitrogens is 1. The van der Waals surface area contributed by atoms with Crippen LogP contribution in [0.25, 0.3) is 5.82 Å². The molecule has 0 aromatic carbocycles. The SMILES string of the molecule is Nc1n[nH]c(C(=O)Nc2ccc(-n3ccnc3)nc2)n1. The maximum absolute atomic E-state index is 11.8. The molecule has 0 radical (unpaired) electrons. The number of anilines is 2. The van der Waals surface area contributed by atoms with Gasteiger partial charge in [0.2, 0.25) is 11.8 Å². The molecule has 20 heavy (non-hydrogen) atoms. The number of nitrogens with zero attached hydrogens (tertiary/aromatic N) is 5. The van der Waals surface area contributed by atoms with Crippen LogP contribution >= 0.6 is 0 Å². The summed E-state index contributed by atoms with van der Waals surface area (Å²) in [6, 6.07) is 3.48. The lowest BCUT2D eigenvalue weighted by Crippen LogP contribution is -2.14. The van der Waals surface area contributed by atoms with E-state index in [9.17, 15) is 4.79 Å². The van der Waals surface area contributed by atoms with E-state index in [1.165, 1.54) is 6.20 Å². The predicted octanol–water partition coefficient (Wildman–Crippen LogP) is 0.220. The highest BCUT2D eigenvalue weighted by atomic mass is 16.2. The van der Waals surface area contributed by atoms with Crippen molar-refractivity contribution in [2.75, 3.05) is 11.1 Å². The Morgan fingerprint density at radius 2 is 2.30 bits per heavy atom. The topological polar surface area (TPSA) is 127 Å². The molecule has 3 heterocycles. The number of amides is 1. The summed E-state index contributed by atoms with van der Waals surface area (Å²) in [4.78, 5) is 23.7. The van der Waals surface area contributed by atoms with Crippen LogP contribution in [0.3, 0.4) is 0 Å². The third-order valence-corrected chi connectivity index (χ3v) is 2.49. The summed E-state index contributed by atoms with van der Waals surface area (Å²) in [6.07, 6.45) is 6.61. The third-order valence-electron chi connectivity index (χ3n) is 2.49. The molecule has 0 aliphatic heterocycles. The second-order valence-corrected chi connectivity index (χ2v) is 3.87. The smallest absolute Gasteiger partial charge is 0.293 e. The summed E-state index contributed by atoms with van der Waals surface area (Å²) >= 11 is 0. The van der Waals surface area contributed by atoms with Crippen molar-refractivity contribution in [1.82, 2.24) is 29.7 Å². The number of pyridine rings is 1. The van der Waals surface area contributed by atoms with Gasteiger partial charge in [0.15, 0.2) is 0 Å². The van der Waals surface area contributed by atoms with Crippen LogP contribution in [0.4, 0.5) is 11.6 Å². The van der Waals surface area contributed by atoms with Crippen molar-refractivity contribution in [1.29, 1.82) is 0 Å². The molecule has 0 unspecified atom stereocenters. The van der Waals surface area contributed by atoms with Crippen LogP contribution in [-0.4, -0.2) is 35.6 Å². The minimum absolute atomic E-state index is 0.0173.